The molecule has 2 N–H and O–H groups in total. The topological polar surface area (TPSA) is 69.6 Å². The smallest absolute Gasteiger partial charge is 0.185 e. The molecule has 0 saturated heterocycles. The molecule has 1 aromatic carbocycles. The molecular weight excluding hydrogens is 252 g/mol. The molecule has 7 heteroatoms. The molecule has 0 atom stereocenters. The maximum atomic E-state index is 13.9. The van der Waals surface area contributed by atoms with Crippen molar-refractivity contribution in [3.63, 3.8) is 0 Å². The van der Waals surface area contributed by atoms with E-state index in [0.717, 1.165) is 31.7 Å². The molecule has 0 radical (unpaired) electrons. The number of hydrogen-bond acceptors (Lipinski definition) is 4. The summed E-state index contributed by atoms with van der Waals surface area (Å²) in [6, 6.07) is 2.18. The highest BCUT2D eigenvalue weighted by atomic mass is 19.1. The predicted octanol–water partition coefficient (Wildman–Crippen LogP) is 2.32. The Morgan fingerprint density at radius 1 is 1.16 bits per heavy atom. The Morgan fingerprint density at radius 3 is 2.63 bits per heavy atom. The summed E-state index contributed by atoms with van der Waals surface area (Å²) in [6.45, 7) is 0. The number of nitrogens with two attached hydrogens (primary N) is 1. The first-order chi connectivity index (χ1) is 9.16. The van der Waals surface area contributed by atoms with Crippen LogP contribution in [0.4, 0.5) is 14.5 Å². The molecule has 100 valence electrons. The van der Waals surface area contributed by atoms with Crippen LogP contribution in [0.3, 0.4) is 0 Å². The fourth-order valence-corrected chi connectivity index (χ4v) is 2.50. The number of aromatic nitrogens is 4. The monoisotopic (exact) mass is 265 g/mol. The summed E-state index contributed by atoms with van der Waals surface area (Å²) in [5.74, 6) is -1.18. The minimum atomic E-state index is -0.777. The third-order valence-electron chi connectivity index (χ3n) is 3.49. The summed E-state index contributed by atoms with van der Waals surface area (Å²) in [4.78, 5) is 0. The van der Waals surface area contributed by atoms with Gasteiger partial charge in [-0.15, -0.1) is 5.10 Å². The van der Waals surface area contributed by atoms with Gasteiger partial charge in [0.1, 0.15) is 11.6 Å². The Bertz CT molecular complexity index is 604. The van der Waals surface area contributed by atoms with Crippen molar-refractivity contribution >= 4 is 5.69 Å². The van der Waals surface area contributed by atoms with Crippen LogP contribution in [0.1, 0.15) is 31.7 Å². The van der Waals surface area contributed by atoms with Gasteiger partial charge in [0.05, 0.1) is 17.3 Å². The summed E-state index contributed by atoms with van der Waals surface area (Å²) in [5, 5.41) is 11.4. The summed E-state index contributed by atoms with van der Waals surface area (Å²) >= 11 is 0. The van der Waals surface area contributed by atoms with E-state index < -0.39 is 11.6 Å². The Kier molecular flexibility index (Phi) is 2.88. The second kappa shape index (κ2) is 4.56. The first-order valence-electron chi connectivity index (χ1n) is 6.19. The highest BCUT2D eigenvalue weighted by molar-refractivity contribution is 5.62. The van der Waals surface area contributed by atoms with Gasteiger partial charge in [0.25, 0.3) is 0 Å². The molecule has 0 spiro atoms. The molecule has 1 aliphatic carbocycles. The van der Waals surface area contributed by atoms with Crippen molar-refractivity contribution in [3.8, 4) is 11.4 Å². The van der Waals surface area contributed by atoms with Crippen molar-refractivity contribution in [2.75, 3.05) is 5.73 Å². The van der Waals surface area contributed by atoms with Gasteiger partial charge in [0, 0.05) is 6.07 Å². The van der Waals surface area contributed by atoms with Crippen LogP contribution in [-0.4, -0.2) is 20.2 Å². The maximum absolute atomic E-state index is 13.9. The predicted molar refractivity (Wildman–Crippen MR) is 65.1 cm³/mol. The van der Waals surface area contributed by atoms with Gasteiger partial charge < -0.3 is 5.73 Å². The Hall–Kier alpha value is -2.05. The number of nitrogens with zero attached hydrogens (tertiary/aromatic N) is 4. The molecular formula is C12H13F2N5. The van der Waals surface area contributed by atoms with Crippen molar-refractivity contribution in [2.24, 2.45) is 0 Å². The minimum absolute atomic E-state index is 0.114. The molecule has 19 heavy (non-hydrogen) atoms. The van der Waals surface area contributed by atoms with E-state index in [9.17, 15) is 8.78 Å². The largest absolute Gasteiger partial charge is 0.396 e. The summed E-state index contributed by atoms with van der Waals surface area (Å²) < 4.78 is 28.6. The lowest BCUT2D eigenvalue weighted by Crippen LogP contribution is -2.09. The zero-order valence-corrected chi connectivity index (χ0v) is 10.2. The molecule has 0 amide bonds. The quantitative estimate of drug-likeness (QED) is 0.846. The number of rotatable bonds is 2. The molecule has 5 nitrogen and oxygen atoms in total. The van der Waals surface area contributed by atoms with Gasteiger partial charge in [-0.25, -0.2) is 13.5 Å². The molecule has 2 aromatic rings. The van der Waals surface area contributed by atoms with Crippen LogP contribution >= 0.6 is 0 Å². The van der Waals surface area contributed by atoms with Gasteiger partial charge in [-0.3, -0.25) is 0 Å². The average Bonchev–Trinajstić information content (AvgIpc) is 3.03. The van der Waals surface area contributed by atoms with Crippen molar-refractivity contribution in [1.82, 2.24) is 20.2 Å². The zero-order chi connectivity index (χ0) is 13.4. The van der Waals surface area contributed by atoms with E-state index >= 15 is 0 Å². The summed E-state index contributed by atoms with van der Waals surface area (Å²) in [6.07, 6.45) is 4.16. The number of nitrogen functional groups attached to an aromatic ring is 1. The first-order valence-corrected chi connectivity index (χ1v) is 6.19. The Labute approximate surface area is 108 Å². The average molecular weight is 265 g/mol. The molecule has 0 unspecified atom stereocenters. The van der Waals surface area contributed by atoms with Gasteiger partial charge in [0.15, 0.2) is 5.82 Å². The van der Waals surface area contributed by atoms with E-state index in [1.165, 1.54) is 6.07 Å². The van der Waals surface area contributed by atoms with E-state index in [1.54, 1.807) is 4.68 Å². The van der Waals surface area contributed by atoms with Crippen LogP contribution in [0.15, 0.2) is 12.1 Å². The molecule has 1 aliphatic rings. The third-order valence-corrected chi connectivity index (χ3v) is 3.49. The number of benzene rings is 1. The van der Waals surface area contributed by atoms with Crippen LogP contribution in [-0.2, 0) is 0 Å². The van der Waals surface area contributed by atoms with E-state index in [2.05, 4.69) is 15.5 Å². The summed E-state index contributed by atoms with van der Waals surface area (Å²) in [7, 11) is 0. The third kappa shape index (κ3) is 2.05. The number of tetrazole rings is 1. The fourth-order valence-electron chi connectivity index (χ4n) is 2.50. The van der Waals surface area contributed by atoms with Gasteiger partial charge in [0.2, 0.25) is 0 Å². The molecule has 1 aromatic heterocycles. The van der Waals surface area contributed by atoms with Gasteiger partial charge in [-0.05, 0) is 29.3 Å². The SMILES string of the molecule is Nc1cc(-c2nnnn2C2CCCC2)c(F)cc1F. The minimum Gasteiger partial charge on any atom is -0.396 e. The summed E-state index contributed by atoms with van der Waals surface area (Å²) in [5.41, 5.74) is 5.50. The van der Waals surface area contributed by atoms with E-state index in [0.29, 0.717) is 5.82 Å². The van der Waals surface area contributed by atoms with Crippen molar-refractivity contribution in [3.05, 3.63) is 23.8 Å². The van der Waals surface area contributed by atoms with Crippen LogP contribution in [0, 0.1) is 11.6 Å². The van der Waals surface area contributed by atoms with Gasteiger partial charge >= 0.3 is 0 Å². The molecule has 1 heterocycles. The first kappa shape index (κ1) is 12.0. The second-order valence-corrected chi connectivity index (χ2v) is 4.74. The van der Waals surface area contributed by atoms with Crippen molar-refractivity contribution in [1.29, 1.82) is 0 Å². The van der Waals surface area contributed by atoms with Crippen LogP contribution < -0.4 is 5.73 Å². The van der Waals surface area contributed by atoms with E-state index in [1.807, 2.05) is 0 Å². The van der Waals surface area contributed by atoms with E-state index in [-0.39, 0.29) is 17.3 Å². The molecule has 1 saturated carbocycles. The van der Waals surface area contributed by atoms with Crippen molar-refractivity contribution < 1.29 is 8.78 Å². The molecule has 0 bridgehead atoms. The molecule has 1 fully saturated rings. The highest BCUT2D eigenvalue weighted by Gasteiger charge is 2.24. The fraction of sp³-hybridized carbons (Fsp3) is 0.417. The maximum Gasteiger partial charge on any atom is 0.185 e. The lowest BCUT2D eigenvalue weighted by atomic mass is 10.1. The lowest BCUT2D eigenvalue weighted by Gasteiger charge is -2.12. The number of halogens is 2. The normalized spacial score (nSPS) is 16.1. The number of hydrogen-bond donors (Lipinski definition) is 1. The Morgan fingerprint density at radius 2 is 1.89 bits per heavy atom. The molecule has 3 rings (SSSR count). The van der Waals surface area contributed by atoms with Crippen LogP contribution in [0.25, 0.3) is 11.4 Å². The van der Waals surface area contributed by atoms with E-state index in [4.69, 9.17) is 5.73 Å². The highest BCUT2D eigenvalue weighted by Crippen LogP contribution is 2.33. The standard InChI is InChI=1S/C12H13F2N5/c13-9-6-10(14)11(15)5-8(9)12-16-17-18-19(12)7-3-1-2-4-7/h5-7H,1-4,15H2. The van der Waals surface area contributed by atoms with Crippen LogP contribution in [0.2, 0.25) is 0 Å². The van der Waals surface area contributed by atoms with Crippen molar-refractivity contribution in [2.45, 2.75) is 31.7 Å². The Balaban J connectivity index is 2.07. The lowest BCUT2D eigenvalue weighted by molar-refractivity contribution is 0.457. The zero-order valence-electron chi connectivity index (χ0n) is 10.2. The van der Waals surface area contributed by atoms with Crippen LogP contribution in [0.5, 0.6) is 0 Å². The number of anilines is 1. The van der Waals surface area contributed by atoms with Gasteiger partial charge in [-0.1, -0.05) is 12.8 Å². The second-order valence-electron chi connectivity index (χ2n) is 4.74. The van der Waals surface area contributed by atoms with Gasteiger partial charge in [-0.2, -0.15) is 0 Å². The molecule has 0 aliphatic heterocycles.